The van der Waals surface area contributed by atoms with E-state index in [9.17, 15) is 4.21 Å². The van der Waals surface area contributed by atoms with E-state index in [0.717, 1.165) is 36.1 Å². The minimum absolute atomic E-state index is 0.247. The molecule has 0 amide bonds. The number of unbranched alkanes of at least 4 members (excludes halogenated alkanes) is 3. The van der Waals surface area contributed by atoms with E-state index < -0.39 is 10.8 Å². The van der Waals surface area contributed by atoms with Crippen molar-refractivity contribution in [1.29, 1.82) is 0 Å². The zero-order valence-electron chi connectivity index (χ0n) is 10.3. The molecule has 0 aliphatic carbocycles. The van der Waals surface area contributed by atoms with Gasteiger partial charge in [-0.3, -0.25) is 4.21 Å². The third kappa shape index (κ3) is 4.48. The minimum atomic E-state index is -0.953. The number of aliphatic hydroxyl groups is 1. The SMILES string of the molecule is Cc1c(N)cccc1S(=O)CCCCCCO. The van der Waals surface area contributed by atoms with Crippen LogP contribution >= 0.6 is 0 Å². The molecule has 1 aromatic rings. The molecule has 0 spiro atoms. The van der Waals surface area contributed by atoms with Crippen LogP contribution in [0, 0.1) is 6.92 Å². The lowest BCUT2D eigenvalue weighted by atomic mass is 10.2. The first-order valence-corrected chi connectivity index (χ1v) is 7.33. The van der Waals surface area contributed by atoms with Crippen LogP contribution in [0.15, 0.2) is 23.1 Å². The van der Waals surface area contributed by atoms with Crippen molar-refractivity contribution >= 4 is 16.5 Å². The van der Waals surface area contributed by atoms with Crippen LogP contribution in [-0.2, 0) is 10.8 Å². The number of nitrogens with two attached hydrogens (primary N) is 1. The average Bonchev–Trinajstić information content (AvgIpc) is 2.32. The first kappa shape index (κ1) is 14.2. The molecule has 3 nitrogen and oxygen atoms in total. The summed E-state index contributed by atoms with van der Waals surface area (Å²) in [5, 5.41) is 8.65. The zero-order valence-corrected chi connectivity index (χ0v) is 11.1. The van der Waals surface area contributed by atoms with Crippen molar-refractivity contribution in [3.05, 3.63) is 23.8 Å². The fourth-order valence-electron chi connectivity index (χ4n) is 1.69. The topological polar surface area (TPSA) is 63.3 Å². The van der Waals surface area contributed by atoms with E-state index in [-0.39, 0.29) is 6.61 Å². The highest BCUT2D eigenvalue weighted by molar-refractivity contribution is 7.85. The third-order valence-corrected chi connectivity index (χ3v) is 4.40. The molecule has 17 heavy (non-hydrogen) atoms. The lowest BCUT2D eigenvalue weighted by molar-refractivity contribution is 0.283. The Morgan fingerprint density at radius 1 is 1.24 bits per heavy atom. The number of hydrogen-bond acceptors (Lipinski definition) is 3. The molecule has 0 aliphatic rings. The molecule has 1 rings (SSSR count). The summed E-state index contributed by atoms with van der Waals surface area (Å²) < 4.78 is 12.1. The van der Waals surface area contributed by atoms with Gasteiger partial charge in [-0.05, 0) is 37.5 Å². The van der Waals surface area contributed by atoms with Crippen LogP contribution in [0.4, 0.5) is 5.69 Å². The third-order valence-electron chi connectivity index (χ3n) is 2.81. The minimum Gasteiger partial charge on any atom is -0.398 e. The molecule has 0 aromatic heterocycles. The van der Waals surface area contributed by atoms with Gasteiger partial charge in [-0.15, -0.1) is 0 Å². The van der Waals surface area contributed by atoms with Crippen molar-refractivity contribution < 1.29 is 9.32 Å². The van der Waals surface area contributed by atoms with E-state index in [0.29, 0.717) is 11.4 Å². The molecule has 0 saturated carbocycles. The highest BCUT2D eigenvalue weighted by Gasteiger charge is 2.08. The van der Waals surface area contributed by atoms with E-state index in [1.807, 2.05) is 25.1 Å². The average molecular weight is 255 g/mol. The van der Waals surface area contributed by atoms with Crippen LogP contribution < -0.4 is 5.73 Å². The van der Waals surface area contributed by atoms with Gasteiger partial charge in [0.05, 0.1) is 10.8 Å². The second-order valence-corrected chi connectivity index (χ2v) is 5.70. The quantitative estimate of drug-likeness (QED) is 0.580. The molecule has 0 radical (unpaired) electrons. The fraction of sp³-hybridized carbons (Fsp3) is 0.538. The molecule has 1 unspecified atom stereocenters. The fourth-order valence-corrected chi connectivity index (χ4v) is 3.06. The Morgan fingerprint density at radius 2 is 1.94 bits per heavy atom. The predicted molar refractivity (Wildman–Crippen MR) is 72.4 cm³/mol. The van der Waals surface area contributed by atoms with Crippen molar-refractivity contribution in [2.24, 2.45) is 0 Å². The molecule has 0 heterocycles. The van der Waals surface area contributed by atoms with Gasteiger partial charge in [-0.25, -0.2) is 0 Å². The van der Waals surface area contributed by atoms with E-state index in [2.05, 4.69) is 0 Å². The largest absolute Gasteiger partial charge is 0.398 e. The Labute approximate surface area is 105 Å². The van der Waals surface area contributed by atoms with E-state index in [1.165, 1.54) is 0 Å². The molecule has 1 aromatic carbocycles. The van der Waals surface area contributed by atoms with Gasteiger partial charge in [0.25, 0.3) is 0 Å². The summed E-state index contributed by atoms with van der Waals surface area (Å²) in [5.74, 6) is 0.676. The lowest BCUT2D eigenvalue weighted by Crippen LogP contribution is -2.02. The van der Waals surface area contributed by atoms with Gasteiger partial charge in [-0.2, -0.15) is 0 Å². The molecule has 3 N–H and O–H groups in total. The summed E-state index contributed by atoms with van der Waals surface area (Å²) in [6, 6.07) is 5.56. The summed E-state index contributed by atoms with van der Waals surface area (Å²) in [4.78, 5) is 0.854. The number of aliphatic hydroxyl groups excluding tert-OH is 1. The second kappa shape index (κ2) is 7.45. The standard InChI is InChI=1S/C13H21NO2S/c1-11-12(14)7-6-8-13(11)17(16)10-5-3-2-4-9-15/h6-8,15H,2-5,9-10,14H2,1H3. The molecule has 0 fully saturated rings. The molecule has 96 valence electrons. The van der Waals surface area contributed by atoms with Crippen LogP contribution in [0.5, 0.6) is 0 Å². The van der Waals surface area contributed by atoms with Crippen LogP contribution in [0.3, 0.4) is 0 Å². The molecule has 1 atom stereocenters. The number of rotatable bonds is 7. The Kier molecular flexibility index (Phi) is 6.22. The molecular weight excluding hydrogens is 234 g/mol. The smallest absolute Gasteiger partial charge is 0.0532 e. The van der Waals surface area contributed by atoms with E-state index >= 15 is 0 Å². The first-order chi connectivity index (χ1) is 8.16. The van der Waals surface area contributed by atoms with Gasteiger partial charge in [0.1, 0.15) is 0 Å². The Morgan fingerprint density at radius 3 is 2.65 bits per heavy atom. The Hall–Kier alpha value is -0.870. The van der Waals surface area contributed by atoms with Crippen molar-refractivity contribution in [3.63, 3.8) is 0 Å². The van der Waals surface area contributed by atoms with Crippen LogP contribution in [-0.4, -0.2) is 21.7 Å². The van der Waals surface area contributed by atoms with Crippen LogP contribution in [0.25, 0.3) is 0 Å². The van der Waals surface area contributed by atoms with Crippen LogP contribution in [0.2, 0.25) is 0 Å². The van der Waals surface area contributed by atoms with Gasteiger partial charge in [0.15, 0.2) is 0 Å². The highest BCUT2D eigenvalue weighted by atomic mass is 32.2. The molecule has 0 bridgehead atoms. The van der Waals surface area contributed by atoms with Gasteiger partial charge < -0.3 is 10.8 Å². The highest BCUT2D eigenvalue weighted by Crippen LogP contribution is 2.19. The van der Waals surface area contributed by atoms with Crippen molar-refractivity contribution in [3.8, 4) is 0 Å². The monoisotopic (exact) mass is 255 g/mol. The number of hydrogen-bond donors (Lipinski definition) is 2. The maximum atomic E-state index is 12.1. The Balaban J connectivity index is 2.44. The predicted octanol–water partition coefficient (Wildman–Crippen LogP) is 2.24. The van der Waals surface area contributed by atoms with Crippen molar-refractivity contribution in [2.75, 3.05) is 18.1 Å². The molecular formula is C13H21NO2S. The molecule has 0 saturated heterocycles. The number of anilines is 1. The van der Waals surface area contributed by atoms with Crippen LogP contribution in [0.1, 0.15) is 31.2 Å². The summed E-state index contributed by atoms with van der Waals surface area (Å²) in [6.07, 6.45) is 3.79. The van der Waals surface area contributed by atoms with Gasteiger partial charge in [0, 0.05) is 22.9 Å². The molecule has 4 heteroatoms. The normalized spacial score (nSPS) is 12.6. The zero-order chi connectivity index (χ0) is 12.7. The molecule has 0 aliphatic heterocycles. The summed E-state index contributed by atoms with van der Waals surface area (Å²) in [5.41, 5.74) is 7.43. The van der Waals surface area contributed by atoms with Gasteiger partial charge in [0.2, 0.25) is 0 Å². The number of nitrogen functional groups attached to an aromatic ring is 1. The maximum absolute atomic E-state index is 12.1. The van der Waals surface area contributed by atoms with Crippen molar-refractivity contribution in [1.82, 2.24) is 0 Å². The van der Waals surface area contributed by atoms with Gasteiger partial charge >= 0.3 is 0 Å². The van der Waals surface area contributed by atoms with Crippen molar-refractivity contribution in [2.45, 2.75) is 37.5 Å². The van der Waals surface area contributed by atoms with E-state index in [1.54, 1.807) is 0 Å². The first-order valence-electron chi connectivity index (χ1n) is 6.01. The summed E-state index contributed by atoms with van der Waals surface area (Å²) in [6.45, 7) is 2.16. The Bertz CT molecular complexity index is 380. The number of benzene rings is 1. The summed E-state index contributed by atoms with van der Waals surface area (Å²) in [7, 11) is -0.953. The van der Waals surface area contributed by atoms with Gasteiger partial charge in [-0.1, -0.05) is 18.9 Å². The lowest BCUT2D eigenvalue weighted by Gasteiger charge is -2.08. The second-order valence-electron chi connectivity index (χ2n) is 4.16. The maximum Gasteiger partial charge on any atom is 0.0532 e. The summed E-state index contributed by atoms with van der Waals surface area (Å²) >= 11 is 0. The van der Waals surface area contributed by atoms with E-state index in [4.69, 9.17) is 10.8 Å².